The summed E-state index contributed by atoms with van der Waals surface area (Å²) in [7, 11) is 0. The molecule has 0 aromatic carbocycles. The highest BCUT2D eigenvalue weighted by atomic mass is 16.2. The molecule has 0 aliphatic rings. The molecule has 7 heteroatoms. The summed E-state index contributed by atoms with van der Waals surface area (Å²) < 4.78 is 0. The predicted molar refractivity (Wildman–Crippen MR) is 83.8 cm³/mol. The first-order valence-corrected chi connectivity index (χ1v) is 7.18. The number of rotatable bonds is 6. The van der Waals surface area contributed by atoms with Crippen LogP contribution in [0.4, 0.5) is 5.82 Å². The van der Waals surface area contributed by atoms with E-state index in [-0.39, 0.29) is 17.2 Å². The molecule has 2 heterocycles. The van der Waals surface area contributed by atoms with E-state index in [1.807, 2.05) is 12.1 Å². The number of amides is 1. The summed E-state index contributed by atoms with van der Waals surface area (Å²) in [5.41, 5.74) is 0.768. The topological polar surface area (TPSA) is 91.0 Å². The summed E-state index contributed by atoms with van der Waals surface area (Å²) in [6, 6.07) is 6.43. The number of H-pyrrole nitrogens is 1. The van der Waals surface area contributed by atoms with Gasteiger partial charge in [0.15, 0.2) is 0 Å². The van der Waals surface area contributed by atoms with Crippen molar-refractivity contribution in [3.05, 3.63) is 52.1 Å². The zero-order valence-electron chi connectivity index (χ0n) is 12.7. The van der Waals surface area contributed by atoms with Crippen molar-refractivity contribution in [3.8, 4) is 0 Å². The maximum absolute atomic E-state index is 12.0. The van der Waals surface area contributed by atoms with Gasteiger partial charge in [-0.3, -0.25) is 9.59 Å². The molecule has 7 nitrogen and oxygen atoms in total. The number of aromatic nitrogens is 3. The molecule has 2 N–H and O–H groups in total. The van der Waals surface area contributed by atoms with E-state index in [9.17, 15) is 9.59 Å². The average Bonchev–Trinajstić information content (AvgIpc) is 2.55. The highest BCUT2D eigenvalue weighted by Crippen LogP contribution is 2.16. The van der Waals surface area contributed by atoms with Gasteiger partial charge < -0.3 is 10.2 Å². The third-order valence-electron chi connectivity index (χ3n) is 3.28. The largest absolute Gasteiger partial charge is 0.357 e. The van der Waals surface area contributed by atoms with Crippen LogP contribution in [0, 0.1) is 0 Å². The van der Waals surface area contributed by atoms with E-state index >= 15 is 0 Å². The molecule has 0 radical (unpaired) electrons. The third-order valence-corrected chi connectivity index (χ3v) is 3.28. The van der Waals surface area contributed by atoms with Crippen molar-refractivity contribution in [2.24, 2.45) is 0 Å². The van der Waals surface area contributed by atoms with Crippen LogP contribution in [0.1, 0.15) is 29.9 Å². The van der Waals surface area contributed by atoms with Crippen LogP contribution in [0.2, 0.25) is 0 Å². The number of nitrogens with one attached hydrogen (secondary N) is 2. The van der Waals surface area contributed by atoms with Crippen LogP contribution in [-0.2, 0) is 6.54 Å². The van der Waals surface area contributed by atoms with E-state index in [1.165, 1.54) is 12.1 Å². The first kappa shape index (κ1) is 15.7. The molecule has 22 heavy (non-hydrogen) atoms. The normalized spacial score (nSPS) is 10.3. The van der Waals surface area contributed by atoms with E-state index in [2.05, 4.69) is 39.2 Å². The van der Waals surface area contributed by atoms with Crippen LogP contribution >= 0.6 is 0 Å². The SMILES string of the molecule is CCN(CC)c1ncccc1CNC(=O)c1ccc(=O)[nH]n1. The summed E-state index contributed by atoms with van der Waals surface area (Å²) in [4.78, 5) is 29.5. The van der Waals surface area contributed by atoms with Gasteiger partial charge in [0, 0.05) is 37.5 Å². The van der Waals surface area contributed by atoms with Gasteiger partial charge in [0.25, 0.3) is 11.5 Å². The van der Waals surface area contributed by atoms with E-state index in [0.29, 0.717) is 6.54 Å². The number of anilines is 1. The lowest BCUT2D eigenvalue weighted by atomic mass is 10.2. The average molecular weight is 301 g/mol. The van der Waals surface area contributed by atoms with Crippen LogP contribution in [0.15, 0.2) is 35.3 Å². The number of hydrogen-bond acceptors (Lipinski definition) is 5. The number of carbonyl (C=O) groups excluding carboxylic acids is 1. The number of pyridine rings is 1. The van der Waals surface area contributed by atoms with Crippen molar-refractivity contribution in [2.75, 3.05) is 18.0 Å². The maximum Gasteiger partial charge on any atom is 0.271 e. The van der Waals surface area contributed by atoms with E-state index in [0.717, 1.165) is 24.5 Å². The van der Waals surface area contributed by atoms with Gasteiger partial charge in [-0.2, -0.15) is 5.10 Å². The molecular weight excluding hydrogens is 282 g/mol. The van der Waals surface area contributed by atoms with Gasteiger partial charge in [0.2, 0.25) is 0 Å². The zero-order valence-corrected chi connectivity index (χ0v) is 12.7. The summed E-state index contributed by atoms with van der Waals surface area (Å²) in [5, 5.41) is 8.73. The first-order valence-electron chi connectivity index (χ1n) is 7.18. The molecule has 2 aromatic rings. The molecule has 2 aromatic heterocycles. The van der Waals surface area contributed by atoms with Crippen molar-refractivity contribution < 1.29 is 4.79 Å². The first-order chi connectivity index (χ1) is 10.7. The Hall–Kier alpha value is -2.70. The number of aromatic amines is 1. The van der Waals surface area contributed by atoms with Gasteiger partial charge in [0.05, 0.1) is 0 Å². The summed E-state index contributed by atoms with van der Waals surface area (Å²) in [6.45, 7) is 6.15. The second kappa shape index (κ2) is 7.35. The molecule has 0 saturated carbocycles. The van der Waals surface area contributed by atoms with E-state index in [4.69, 9.17) is 0 Å². The van der Waals surface area contributed by atoms with Crippen molar-refractivity contribution >= 4 is 11.7 Å². The lowest BCUT2D eigenvalue weighted by Crippen LogP contribution is -2.28. The predicted octanol–water partition coefficient (Wildman–Crippen LogP) is 0.941. The lowest BCUT2D eigenvalue weighted by molar-refractivity contribution is 0.0945. The summed E-state index contributed by atoms with van der Waals surface area (Å²) in [6.07, 6.45) is 1.74. The van der Waals surface area contributed by atoms with Gasteiger partial charge in [-0.1, -0.05) is 6.07 Å². The van der Waals surface area contributed by atoms with Crippen LogP contribution in [-0.4, -0.2) is 34.2 Å². The van der Waals surface area contributed by atoms with Crippen LogP contribution in [0.5, 0.6) is 0 Å². The summed E-state index contributed by atoms with van der Waals surface area (Å²) in [5.74, 6) is 0.521. The maximum atomic E-state index is 12.0. The minimum atomic E-state index is -0.342. The van der Waals surface area contributed by atoms with Crippen LogP contribution < -0.4 is 15.8 Å². The Kier molecular flexibility index (Phi) is 5.24. The molecule has 0 aliphatic carbocycles. The number of hydrogen-bond donors (Lipinski definition) is 2. The van der Waals surface area contributed by atoms with Gasteiger partial charge >= 0.3 is 0 Å². The van der Waals surface area contributed by atoms with Gasteiger partial charge in [-0.05, 0) is 26.0 Å². The minimum Gasteiger partial charge on any atom is -0.357 e. The molecular formula is C15H19N5O2. The summed E-state index contributed by atoms with van der Waals surface area (Å²) >= 11 is 0. The van der Waals surface area contributed by atoms with E-state index < -0.39 is 0 Å². The standard InChI is InChI=1S/C15H19N5O2/c1-3-20(4-2)14-11(6-5-9-16-14)10-17-15(22)12-7-8-13(21)19-18-12/h5-9H,3-4,10H2,1-2H3,(H,17,22)(H,19,21). The van der Waals surface area contributed by atoms with Crippen LogP contribution in [0.25, 0.3) is 0 Å². The van der Waals surface area contributed by atoms with Gasteiger partial charge in [-0.25, -0.2) is 10.1 Å². The van der Waals surface area contributed by atoms with Crippen molar-refractivity contribution in [1.82, 2.24) is 20.5 Å². The fourth-order valence-corrected chi connectivity index (χ4v) is 2.11. The Bertz CT molecular complexity index is 674. The van der Waals surface area contributed by atoms with Crippen molar-refractivity contribution in [1.29, 1.82) is 0 Å². The molecule has 0 bridgehead atoms. The Morgan fingerprint density at radius 3 is 2.68 bits per heavy atom. The molecule has 2 rings (SSSR count). The zero-order chi connectivity index (χ0) is 15.9. The molecule has 1 amide bonds. The monoisotopic (exact) mass is 301 g/mol. The van der Waals surface area contributed by atoms with Crippen molar-refractivity contribution in [3.63, 3.8) is 0 Å². The Labute approximate surface area is 128 Å². The van der Waals surface area contributed by atoms with Gasteiger partial charge in [-0.15, -0.1) is 0 Å². The minimum absolute atomic E-state index is 0.174. The molecule has 0 saturated heterocycles. The number of nitrogens with zero attached hydrogens (tertiary/aromatic N) is 3. The molecule has 0 aliphatic heterocycles. The highest BCUT2D eigenvalue weighted by Gasteiger charge is 2.12. The molecule has 0 unspecified atom stereocenters. The second-order valence-electron chi connectivity index (χ2n) is 4.65. The smallest absolute Gasteiger partial charge is 0.271 e. The van der Waals surface area contributed by atoms with Crippen molar-refractivity contribution in [2.45, 2.75) is 20.4 Å². The molecule has 0 atom stereocenters. The molecule has 0 fully saturated rings. The third kappa shape index (κ3) is 3.69. The highest BCUT2D eigenvalue weighted by molar-refractivity contribution is 5.91. The Balaban J connectivity index is 2.10. The molecule has 0 spiro atoms. The fraction of sp³-hybridized carbons (Fsp3) is 0.333. The quantitative estimate of drug-likeness (QED) is 0.828. The lowest BCUT2D eigenvalue weighted by Gasteiger charge is -2.22. The molecule has 116 valence electrons. The second-order valence-corrected chi connectivity index (χ2v) is 4.65. The Morgan fingerprint density at radius 2 is 2.05 bits per heavy atom. The number of carbonyl (C=O) groups is 1. The fourth-order valence-electron chi connectivity index (χ4n) is 2.11. The van der Waals surface area contributed by atoms with E-state index in [1.54, 1.807) is 6.20 Å². The van der Waals surface area contributed by atoms with Gasteiger partial charge in [0.1, 0.15) is 11.5 Å². The van der Waals surface area contributed by atoms with Crippen LogP contribution in [0.3, 0.4) is 0 Å². The Morgan fingerprint density at radius 1 is 1.27 bits per heavy atom.